The molecule has 1 aromatic carbocycles. The summed E-state index contributed by atoms with van der Waals surface area (Å²) >= 11 is 1.75. The van der Waals surface area contributed by atoms with Crippen LogP contribution in [0, 0.1) is 18.7 Å². The topological polar surface area (TPSA) is 24.4 Å². The van der Waals surface area contributed by atoms with Gasteiger partial charge in [0.25, 0.3) is 0 Å². The van der Waals surface area contributed by atoms with Crippen molar-refractivity contribution in [3.63, 3.8) is 0 Å². The Hall–Kier alpha value is -1.03. The minimum absolute atomic E-state index is 0.197. The van der Waals surface area contributed by atoms with Crippen LogP contribution < -0.4 is 5.32 Å². The van der Waals surface area contributed by atoms with Gasteiger partial charge in [-0.1, -0.05) is 25.6 Å². The van der Waals surface area contributed by atoms with Gasteiger partial charge in [0.15, 0.2) is 5.17 Å². The lowest BCUT2D eigenvalue weighted by atomic mass is 10.1. The average molecular weight is 266 g/mol. The van der Waals surface area contributed by atoms with Crippen LogP contribution in [0.5, 0.6) is 0 Å². The van der Waals surface area contributed by atoms with E-state index in [0.29, 0.717) is 12.0 Å². The van der Waals surface area contributed by atoms with Crippen molar-refractivity contribution < 1.29 is 4.39 Å². The number of nitrogens with zero attached hydrogens (tertiary/aromatic N) is 1. The Labute approximate surface area is 112 Å². The molecule has 1 aliphatic rings. The van der Waals surface area contributed by atoms with E-state index in [1.54, 1.807) is 17.8 Å². The zero-order valence-electron chi connectivity index (χ0n) is 11.0. The number of halogens is 1. The number of rotatable bonds is 3. The van der Waals surface area contributed by atoms with E-state index in [9.17, 15) is 4.39 Å². The van der Waals surface area contributed by atoms with Crippen LogP contribution in [0.2, 0.25) is 0 Å². The Kier molecular flexibility index (Phi) is 4.27. The minimum atomic E-state index is -0.197. The van der Waals surface area contributed by atoms with E-state index in [4.69, 9.17) is 0 Å². The van der Waals surface area contributed by atoms with E-state index in [2.05, 4.69) is 24.2 Å². The van der Waals surface area contributed by atoms with Gasteiger partial charge in [0.2, 0.25) is 0 Å². The second-order valence-electron chi connectivity index (χ2n) is 5.11. The third-order valence-corrected chi connectivity index (χ3v) is 3.92. The molecular weight excluding hydrogens is 247 g/mol. The lowest BCUT2D eigenvalue weighted by Crippen LogP contribution is -2.08. The number of nitrogens with one attached hydrogen (secondary N) is 1. The summed E-state index contributed by atoms with van der Waals surface area (Å²) in [6.45, 7) is 6.34. The second-order valence-corrected chi connectivity index (χ2v) is 6.12. The molecule has 18 heavy (non-hydrogen) atoms. The summed E-state index contributed by atoms with van der Waals surface area (Å²) < 4.78 is 13.0. The van der Waals surface area contributed by atoms with E-state index in [1.807, 2.05) is 6.92 Å². The average Bonchev–Trinajstić information content (AvgIpc) is 2.69. The Morgan fingerprint density at radius 3 is 2.94 bits per heavy atom. The van der Waals surface area contributed by atoms with Gasteiger partial charge in [-0.3, -0.25) is 4.99 Å². The monoisotopic (exact) mass is 266 g/mol. The standard InChI is InChI=1S/C14H19FN2S/c1-9(2)6-12-8-18-14(16-12)17-13-5-4-11(15)7-10(13)3/h4-5,7,9,12H,6,8H2,1-3H3,(H,16,17). The molecule has 0 saturated heterocycles. The van der Waals surface area contributed by atoms with Gasteiger partial charge in [-0.15, -0.1) is 0 Å². The Morgan fingerprint density at radius 1 is 1.50 bits per heavy atom. The molecule has 4 heteroatoms. The molecule has 2 nitrogen and oxygen atoms in total. The largest absolute Gasteiger partial charge is 0.335 e. The number of thioether (sulfide) groups is 1. The number of aliphatic imine (C=N–C) groups is 1. The summed E-state index contributed by atoms with van der Waals surface area (Å²) in [4.78, 5) is 4.66. The van der Waals surface area contributed by atoms with Crippen molar-refractivity contribution in [3.05, 3.63) is 29.6 Å². The van der Waals surface area contributed by atoms with Crippen molar-refractivity contribution in [3.8, 4) is 0 Å². The fraction of sp³-hybridized carbons (Fsp3) is 0.500. The summed E-state index contributed by atoms with van der Waals surface area (Å²) in [5, 5.41) is 4.24. The molecule has 1 N–H and O–H groups in total. The quantitative estimate of drug-likeness (QED) is 0.892. The molecule has 0 aliphatic carbocycles. The number of hydrogen-bond donors (Lipinski definition) is 1. The first-order valence-electron chi connectivity index (χ1n) is 6.28. The maximum atomic E-state index is 13.0. The molecule has 1 aromatic rings. The van der Waals surface area contributed by atoms with Gasteiger partial charge in [-0.05, 0) is 43.0 Å². The van der Waals surface area contributed by atoms with E-state index >= 15 is 0 Å². The van der Waals surface area contributed by atoms with Crippen molar-refractivity contribution >= 4 is 22.6 Å². The number of anilines is 1. The lowest BCUT2D eigenvalue weighted by Gasteiger charge is -2.08. The highest BCUT2D eigenvalue weighted by molar-refractivity contribution is 8.14. The highest BCUT2D eigenvalue weighted by Gasteiger charge is 2.19. The van der Waals surface area contributed by atoms with Crippen LogP contribution in [0.25, 0.3) is 0 Å². The van der Waals surface area contributed by atoms with Gasteiger partial charge < -0.3 is 5.32 Å². The number of benzene rings is 1. The number of hydrogen-bond acceptors (Lipinski definition) is 3. The maximum Gasteiger partial charge on any atom is 0.161 e. The number of amidine groups is 1. The molecule has 0 saturated carbocycles. The molecule has 0 amide bonds. The van der Waals surface area contributed by atoms with Crippen molar-refractivity contribution in [2.24, 2.45) is 10.9 Å². The second kappa shape index (κ2) is 5.74. The predicted molar refractivity (Wildman–Crippen MR) is 77.9 cm³/mol. The molecule has 2 rings (SSSR count). The summed E-state index contributed by atoms with van der Waals surface area (Å²) in [5.41, 5.74) is 1.85. The Bertz CT molecular complexity index is 457. The SMILES string of the molecule is Cc1cc(F)ccc1NC1=NC(CC(C)C)CS1. The van der Waals surface area contributed by atoms with Crippen LogP contribution in [-0.4, -0.2) is 17.0 Å². The normalized spacial score (nSPS) is 19.2. The van der Waals surface area contributed by atoms with Crippen molar-refractivity contribution in [2.75, 3.05) is 11.1 Å². The molecule has 0 bridgehead atoms. The molecule has 0 radical (unpaired) electrons. The zero-order chi connectivity index (χ0) is 13.1. The lowest BCUT2D eigenvalue weighted by molar-refractivity contribution is 0.529. The summed E-state index contributed by atoms with van der Waals surface area (Å²) in [5.74, 6) is 1.52. The first kappa shape index (κ1) is 13.4. The van der Waals surface area contributed by atoms with Crippen molar-refractivity contribution in [1.29, 1.82) is 0 Å². The molecule has 1 heterocycles. The van der Waals surface area contributed by atoms with Crippen LogP contribution in [-0.2, 0) is 0 Å². The van der Waals surface area contributed by atoms with E-state index in [1.165, 1.54) is 12.1 Å². The highest BCUT2D eigenvalue weighted by atomic mass is 32.2. The minimum Gasteiger partial charge on any atom is -0.335 e. The molecule has 98 valence electrons. The van der Waals surface area contributed by atoms with Gasteiger partial charge in [0.1, 0.15) is 5.82 Å². The van der Waals surface area contributed by atoms with Crippen LogP contribution >= 0.6 is 11.8 Å². The summed E-state index contributed by atoms with van der Waals surface area (Å²) in [6.07, 6.45) is 1.13. The van der Waals surface area contributed by atoms with E-state index in [0.717, 1.165) is 28.6 Å². The molecular formula is C14H19FN2S. The summed E-state index contributed by atoms with van der Waals surface area (Å²) in [6, 6.07) is 5.19. The van der Waals surface area contributed by atoms with E-state index < -0.39 is 0 Å². The molecule has 0 aromatic heterocycles. The van der Waals surface area contributed by atoms with Crippen LogP contribution in [0.4, 0.5) is 10.1 Å². The predicted octanol–water partition coefficient (Wildman–Crippen LogP) is 4.06. The van der Waals surface area contributed by atoms with Crippen LogP contribution in [0.15, 0.2) is 23.2 Å². The molecule has 1 atom stereocenters. The van der Waals surface area contributed by atoms with Gasteiger partial charge in [0, 0.05) is 11.4 Å². The fourth-order valence-electron chi connectivity index (χ4n) is 2.03. The van der Waals surface area contributed by atoms with Crippen molar-refractivity contribution in [1.82, 2.24) is 0 Å². The Morgan fingerprint density at radius 2 is 2.28 bits per heavy atom. The Balaban J connectivity index is 2.02. The van der Waals surface area contributed by atoms with Gasteiger partial charge in [-0.2, -0.15) is 0 Å². The van der Waals surface area contributed by atoms with Crippen LogP contribution in [0.1, 0.15) is 25.8 Å². The van der Waals surface area contributed by atoms with Gasteiger partial charge in [0.05, 0.1) is 6.04 Å². The third-order valence-electron chi connectivity index (χ3n) is 2.89. The molecule has 0 spiro atoms. The van der Waals surface area contributed by atoms with Gasteiger partial charge in [-0.25, -0.2) is 4.39 Å². The summed E-state index contributed by atoms with van der Waals surface area (Å²) in [7, 11) is 0. The van der Waals surface area contributed by atoms with Crippen LogP contribution in [0.3, 0.4) is 0 Å². The smallest absolute Gasteiger partial charge is 0.161 e. The maximum absolute atomic E-state index is 13.0. The first-order chi connectivity index (χ1) is 8.54. The third kappa shape index (κ3) is 3.48. The molecule has 0 fully saturated rings. The zero-order valence-corrected chi connectivity index (χ0v) is 11.9. The van der Waals surface area contributed by atoms with Crippen molar-refractivity contribution in [2.45, 2.75) is 33.2 Å². The van der Waals surface area contributed by atoms with Gasteiger partial charge >= 0.3 is 0 Å². The fourth-order valence-corrected chi connectivity index (χ4v) is 3.00. The molecule has 1 unspecified atom stereocenters. The molecule has 1 aliphatic heterocycles. The van der Waals surface area contributed by atoms with E-state index in [-0.39, 0.29) is 5.82 Å². The number of aryl methyl sites for hydroxylation is 1. The first-order valence-corrected chi connectivity index (χ1v) is 7.27. The highest BCUT2D eigenvalue weighted by Crippen LogP contribution is 2.25.